The van der Waals surface area contributed by atoms with Gasteiger partial charge in [-0.2, -0.15) is 4.39 Å². The van der Waals surface area contributed by atoms with Crippen LogP contribution >= 0.6 is 23.2 Å². The summed E-state index contributed by atoms with van der Waals surface area (Å²) in [6.45, 7) is 0. The number of aliphatic imine (C=N–C) groups is 1. The number of hydrogen-bond acceptors (Lipinski definition) is 6. The van der Waals surface area contributed by atoms with Crippen molar-refractivity contribution in [2.24, 2.45) is 10.9 Å². The third-order valence-corrected chi connectivity index (χ3v) is 7.71. The Morgan fingerprint density at radius 1 is 1.08 bits per heavy atom. The molecular formula is C26H18Cl2FN7O. The lowest BCUT2D eigenvalue weighted by molar-refractivity contribution is 0.579. The van der Waals surface area contributed by atoms with Crippen molar-refractivity contribution in [2.45, 2.75) is 24.8 Å². The summed E-state index contributed by atoms with van der Waals surface area (Å²) >= 11 is 12.3. The lowest BCUT2D eigenvalue weighted by Crippen LogP contribution is -2.29. The molecule has 3 aromatic heterocycles. The molecule has 0 radical (unpaired) electrons. The van der Waals surface area contributed by atoms with E-state index in [1.165, 1.54) is 0 Å². The number of nitrogens with zero attached hydrogens (tertiary/aromatic N) is 6. The van der Waals surface area contributed by atoms with E-state index in [9.17, 15) is 9.18 Å². The number of benzene rings is 1. The number of pyridine rings is 2. The van der Waals surface area contributed by atoms with Gasteiger partial charge in [-0.1, -0.05) is 28.4 Å². The number of hydrogen-bond donors (Lipinski definition) is 1. The molecule has 11 heteroatoms. The first-order valence-corrected chi connectivity index (χ1v) is 12.5. The summed E-state index contributed by atoms with van der Waals surface area (Å²) in [4.78, 5) is 21.9. The number of allylic oxidation sites excluding steroid dienone is 1. The molecule has 3 atom stereocenters. The van der Waals surface area contributed by atoms with Crippen LogP contribution in [0.1, 0.15) is 36.1 Å². The van der Waals surface area contributed by atoms with Crippen LogP contribution in [0.25, 0.3) is 22.4 Å². The zero-order valence-electron chi connectivity index (χ0n) is 19.1. The average Bonchev–Trinajstić information content (AvgIpc) is 3.15. The van der Waals surface area contributed by atoms with E-state index < -0.39 is 5.95 Å². The highest BCUT2D eigenvalue weighted by Crippen LogP contribution is 2.60. The first-order chi connectivity index (χ1) is 17.9. The Labute approximate surface area is 219 Å². The molecule has 1 aromatic carbocycles. The van der Waals surface area contributed by atoms with Gasteiger partial charge in [0.25, 0.3) is 5.56 Å². The van der Waals surface area contributed by atoms with Gasteiger partial charge in [0.2, 0.25) is 5.95 Å². The van der Waals surface area contributed by atoms with Crippen molar-refractivity contribution < 1.29 is 4.39 Å². The zero-order valence-corrected chi connectivity index (χ0v) is 20.7. The summed E-state index contributed by atoms with van der Waals surface area (Å²) in [6, 6.07) is 12.1. The zero-order chi connectivity index (χ0) is 25.4. The fraction of sp³-hybridized carbons (Fsp3) is 0.192. The van der Waals surface area contributed by atoms with Gasteiger partial charge in [-0.05, 0) is 59.9 Å². The number of halogens is 3. The highest BCUT2D eigenvalue weighted by atomic mass is 35.5. The lowest BCUT2D eigenvalue weighted by atomic mass is 9.98. The minimum Gasteiger partial charge on any atom is -0.384 e. The van der Waals surface area contributed by atoms with Crippen molar-refractivity contribution >= 4 is 40.3 Å². The van der Waals surface area contributed by atoms with Crippen molar-refractivity contribution in [1.82, 2.24) is 24.5 Å². The molecule has 0 saturated heterocycles. The van der Waals surface area contributed by atoms with Crippen LogP contribution in [-0.4, -0.2) is 30.3 Å². The van der Waals surface area contributed by atoms with Crippen LogP contribution in [0.15, 0.2) is 64.6 Å². The molecule has 1 saturated carbocycles. The van der Waals surface area contributed by atoms with Crippen LogP contribution in [-0.2, 0) is 0 Å². The van der Waals surface area contributed by atoms with E-state index in [-0.39, 0.29) is 34.4 Å². The highest BCUT2D eigenvalue weighted by molar-refractivity contribution is 6.31. The number of rotatable bonds is 4. The van der Waals surface area contributed by atoms with Crippen molar-refractivity contribution in [3.8, 4) is 16.8 Å². The maximum atomic E-state index is 14.4. The van der Waals surface area contributed by atoms with E-state index in [4.69, 9.17) is 28.9 Å². The smallest absolute Gasteiger partial charge is 0.251 e. The Kier molecular flexibility index (Phi) is 4.90. The average molecular weight is 534 g/mol. The lowest BCUT2D eigenvalue weighted by Gasteiger charge is -2.20. The number of nitrogens with two attached hydrogens (primary N) is 1. The quantitative estimate of drug-likeness (QED) is 0.369. The SMILES string of the molecule is Nc1ccc(C2=CN=C([C@@H]3[C@H]4C[C@H]4c4cc(-c5cc(Cl)ccc5-n5cc(Cl)nn5)cc(=O)n43)C2)c(F)n1. The molecule has 184 valence electrons. The molecule has 8 nitrogen and oxygen atoms in total. The Morgan fingerprint density at radius 3 is 2.73 bits per heavy atom. The van der Waals surface area contributed by atoms with Crippen molar-refractivity contribution in [1.29, 1.82) is 0 Å². The predicted octanol–water partition coefficient (Wildman–Crippen LogP) is 5.06. The predicted molar refractivity (Wildman–Crippen MR) is 140 cm³/mol. The second-order valence-electron chi connectivity index (χ2n) is 9.50. The topological polar surface area (TPSA) is 104 Å². The van der Waals surface area contributed by atoms with Gasteiger partial charge in [0.15, 0.2) is 5.15 Å². The molecule has 1 fully saturated rings. The monoisotopic (exact) mass is 533 g/mol. The van der Waals surface area contributed by atoms with Crippen molar-refractivity contribution in [2.75, 3.05) is 5.73 Å². The molecule has 2 N–H and O–H groups in total. The molecule has 2 aliphatic heterocycles. The molecule has 0 amide bonds. The molecule has 7 rings (SSSR count). The minimum absolute atomic E-state index is 0.122. The summed E-state index contributed by atoms with van der Waals surface area (Å²) in [6.07, 6.45) is 4.70. The van der Waals surface area contributed by atoms with Gasteiger partial charge in [0.05, 0.1) is 17.9 Å². The minimum atomic E-state index is -0.619. The van der Waals surface area contributed by atoms with E-state index in [1.807, 2.05) is 22.8 Å². The second kappa shape index (κ2) is 8.09. The van der Waals surface area contributed by atoms with Crippen molar-refractivity contribution in [3.63, 3.8) is 0 Å². The van der Waals surface area contributed by atoms with Gasteiger partial charge in [0.1, 0.15) is 5.82 Å². The third-order valence-electron chi connectivity index (χ3n) is 7.30. The number of aromatic nitrogens is 5. The number of nitrogen functional groups attached to an aromatic ring is 1. The van der Waals surface area contributed by atoms with Gasteiger partial charge in [-0.25, -0.2) is 9.67 Å². The molecular weight excluding hydrogens is 516 g/mol. The van der Waals surface area contributed by atoms with Gasteiger partial charge in [-0.15, -0.1) is 5.10 Å². The van der Waals surface area contributed by atoms with Gasteiger partial charge in [0, 0.05) is 52.2 Å². The fourth-order valence-corrected chi connectivity index (χ4v) is 5.91. The molecule has 3 aliphatic rings. The van der Waals surface area contributed by atoms with Gasteiger partial charge >= 0.3 is 0 Å². The number of anilines is 1. The van der Waals surface area contributed by atoms with E-state index in [0.29, 0.717) is 22.7 Å². The summed E-state index contributed by atoms with van der Waals surface area (Å²) in [5, 5.41) is 8.74. The van der Waals surface area contributed by atoms with Crippen molar-refractivity contribution in [3.05, 3.63) is 92.6 Å². The Balaban J connectivity index is 1.25. The van der Waals surface area contributed by atoms with E-state index >= 15 is 0 Å². The molecule has 37 heavy (non-hydrogen) atoms. The second-order valence-corrected chi connectivity index (χ2v) is 10.3. The van der Waals surface area contributed by atoms with Crippen LogP contribution in [0, 0.1) is 11.9 Å². The Hall–Kier alpha value is -3.82. The molecule has 0 spiro atoms. The molecule has 5 heterocycles. The Morgan fingerprint density at radius 2 is 1.95 bits per heavy atom. The maximum Gasteiger partial charge on any atom is 0.251 e. The Bertz CT molecular complexity index is 1740. The summed E-state index contributed by atoms with van der Waals surface area (Å²) < 4.78 is 17.8. The van der Waals surface area contributed by atoms with E-state index in [2.05, 4.69) is 20.3 Å². The van der Waals surface area contributed by atoms with E-state index in [1.54, 1.807) is 41.3 Å². The third kappa shape index (κ3) is 3.60. The van der Waals surface area contributed by atoms with Crippen LogP contribution < -0.4 is 11.3 Å². The molecule has 1 aliphatic carbocycles. The first kappa shape index (κ1) is 22.4. The highest BCUT2D eigenvalue weighted by Gasteiger charge is 2.54. The maximum absolute atomic E-state index is 14.4. The van der Waals surface area contributed by atoms with Crippen LogP contribution in [0.2, 0.25) is 10.2 Å². The van der Waals surface area contributed by atoms with Crippen LogP contribution in [0.5, 0.6) is 0 Å². The van der Waals surface area contributed by atoms with Crippen LogP contribution in [0.3, 0.4) is 0 Å². The normalized spacial score (nSPS) is 21.4. The molecule has 4 aromatic rings. The van der Waals surface area contributed by atoms with Gasteiger partial charge in [-0.3, -0.25) is 9.79 Å². The first-order valence-electron chi connectivity index (χ1n) is 11.7. The van der Waals surface area contributed by atoms with Crippen LogP contribution in [0.4, 0.5) is 10.2 Å². The fourth-order valence-electron chi connectivity index (χ4n) is 5.61. The largest absolute Gasteiger partial charge is 0.384 e. The van der Waals surface area contributed by atoms with E-state index in [0.717, 1.165) is 34.5 Å². The molecule has 0 bridgehead atoms. The summed E-state index contributed by atoms with van der Waals surface area (Å²) in [5.74, 6) is 0.0647. The van der Waals surface area contributed by atoms with Gasteiger partial charge < -0.3 is 10.3 Å². The standard InChI is InChI=1S/C26H18Cl2FN7O/c27-14-1-3-20(35-11-22(28)33-34-35)16(8-14)12-6-21-17-9-18(17)25(36(21)24(37)7-12)19-5-13(10-31-19)15-2-4-23(30)32-26(15)29/h1-4,6-8,10-11,17-18,25H,5,9H2,(H2,30,32)/t17-,18+,25+/m1/s1. The number of fused-ring (bicyclic) bond motifs is 3. The summed E-state index contributed by atoms with van der Waals surface area (Å²) in [7, 11) is 0. The summed E-state index contributed by atoms with van der Waals surface area (Å²) in [5.41, 5.74) is 10.6. The molecule has 0 unspecified atom stereocenters.